The van der Waals surface area contributed by atoms with Crippen LogP contribution >= 0.6 is 23.2 Å². The molecule has 2 aromatic rings. The van der Waals surface area contributed by atoms with Gasteiger partial charge in [-0.15, -0.1) is 0 Å². The van der Waals surface area contributed by atoms with E-state index >= 15 is 0 Å². The summed E-state index contributed by atoms with van der Waals surface area (Å²) >= 11 is 11.8. The van der Waals surface area contributed by atoms with E-state index in [2.05, 4.69) is 0 Å². The van der Waals surface area contributed by atoms with Crippen LogP contribution in [0.5, 0.6) is 0 Å². The Balaban J connectivity index is 1.92. The third-order valence-corrected chi connectivity index (χ3v) is 9.14. The van der Waals surface area contributed by atoms with Gasteiger partial charge in [-0.25, -0.2) is 12.8 Å². The van der Waals surface area contributed by atoms with E-state index in [1.807, 2.05) is 0 Å². The fraction of sp³-hybridized carbons (Fsp3) is 0.375. The SMILES string of the molecule is CC(C)N1CC2(C(N)=O)N(C(=O)CCN2S(=O)(=O)c2ccc(Cl)cc2F)C(Cc2ccc(Cl)cc2)C1=O. The maximum Gasteiger partial charge on any atom is 0.261 e. The molecule has 2 N–H and O–H groups in total. The van der Waals surface area contributed by atoms with Crippen LogP contribution in [0.25, 0.3) is 0 Å². The van der Waals surface area contributed by atoms with Crippen molar-refractivity contribution in [2.75, 3.05) is 13.1 Å². The molecular weight excluding hydrogens is 546 g/mol. The Bertz CT molecular complexity index is 1370. The second kappa shape index (κ2) is 9.86. The summed E-state index contributed by atoms with van der Waals surface area (Å²) in [5, 5.41) is 0.444. The molecule has 0 saturated carbocycles. The number of halogens is 3. The van der Waals surface area contributed by atoms with Crippen molar-refractivity contribution < 1.29 is 27.2 Å². The van der Waals surface area contributed by atoms with Crippen LogP contribution in [-0.4, -0.2) is 71.1 Å². The number of primary amides is 1. The van der Waals surface area contributed by atoms with Gasteiger partial charge in [-0.05, 0) is 49.7 Å². The van der Waals surface area contributed by atoms with Crippen molar-refractivity contribution in [2.45, 2.75) is 49.3 Å². The summed E-state index contributed by atoms with van der Waals surface area (Å²) in [6.45, 7) is 2.46. The molecule has 0 aromatic heterocycles. The molecule has 4 rings (SSSR count). The van der Waals surface area contributed by atoms with Gasteiger partial charge in [0.05, 0.1) is 6.54 Å². The third kappa shape index (κ3) is 4.58. The van der Waals surface area contributed by atoms with Gasteiger partial charge < -0.3 is 15.5 Å². The Morgan fingerprint density at radius 2 is 1.76 bits per heavy atom. The summed E-state index contributed by atoms with van der Waals surface area (Å²) in [5.74, 6) is -3.36. The number of fused-ring (bicyclic) bond motifs is 1. The van der Waals surface area contributed by atoms with E-state index in [4.69, 9.17) is 28.9 Å². The van der Waals surface area contributed by atoms with Crippen LogP contribution in [0.2, 0.25) is 10.0 Å². The van der Waals surface area contributed by atoms with Crippen molar-refractivity contribution in [1.82, 2.24) is 14.1 Å². The Kier molecular flexibility index (Phi) is 7.28. The second-order valence-electron chi connectivity index (χ2n) is 9.25. The quantitative estimate of drug-likeness (QED) is 0.571. The Morgan fingerprint density at radius 3 is 2.32 bits per heavy atom. The van der Waals surface area contributed by atoms with Crippen molar-refractivity contribution in [2.24, 2.45) is 5.73 Å². The zero-order chi connectivity index (χ0) is 27.3. The molecule has 2 fully saturated rings. The highest BCUT2D eigenvalue weighted by molar-refractivity contribution is 7.89. The monoisotopic (exact) mass is 570 g/mol. The van der Waals surface area contributed by atoms with E-state index < -0.39 is 69.3 Å². The van der Waals surface area contributed by atoms with E-state index in [1.54, 1.807) is 38.1 Å². The Morgan fingerprint density at radius 1 is 1.14 bits per heavy atom. The summed E-state index contributed by atoms with van der Waals surface area (Å²) in [7, 11) is -4.73. The molecule has 198 valence electrons. The highest BCUT2D eigenvalue weighted by Gasteiger charge is 2.64. The molecule has 0 radical (unpaired) electrons. The summed E-state index contributed by atoms with van der Waals surface area (Å²) in [4.78, 5) is 41.8. The molecule has 2 aliphatic heterocycles. The average molecular weight is 571 g/mol. The van der Waals surface area contributed by atoms with Gasteiger partial charge in [0.1, 0.15) is 16.8 Å². The predicted molar refractivity (Wildman–Crippen MR) is 134 cm³/mol. The first-order valence-corrected chi connectivity index (χ1v) is 13.6. The van der Waals surface area contributed by atoms with Gasteiger partial charge in [0.2, 0.25) is 27.5 Å². The molecule has 2 saturated heterocycles. The molecule has 37 heavy (non-hydrogen) atoms. The first-order valence-electron chi connectivity index (χ1n) is 11.5. The minimum absolute atomic E-state index is 0.0196. The molecule has 9 nitrogen and oxygen atoms in total. The molecule has 2 heterocycles. The number of hydrogen-bond acceptors (Lipinski definition) is 5. The smallest absolute Gasteiger partial charge is 0.261 e. The van der Waals surface area contributed by atoms with Gasteiger partial charge in [0.25, 0.3) is 5.91 Å². The number of piperazine rings is 1. The van der Waals surface area contributed by atoms with Crippen LogP contribution < -0.4 is 5.73 Å². The fourth-order valence-corrected chi connectivity index (χ4v) is 6.97. The van der Waals surface area contributed by atoms with Gasteiger partial charge in [-0.1, -0.05) is 35.3 Å². The van der Waals surface area contributed by atoms with Crippen LogP contribution in [0.1, 0.15) is 25.8 Å². The first kappa shape index (κ1) is 27.3. The van der Waals surface area contributed by atoms with E-state index in [0.29, 0.717) is 10.6 Å². The Hall–Kier alpha value is -2.73. The van der Waals surface area contributed by atoms with Gasteiger partial charge in [-0.3, -0.25) is 14.4 Å². The lowest BCUT2D eigenvalue weighted by Crippen LogP contribution is -2.83. The Labute approximate surface area is 223 Å². The number of amides is 3. The van der Waals surface area contributed by atoms with Crippen molar-refractivity contribution in [1.29, 1.82) is 0 Å². The maximum atomic E-state index is 14.8. The standard InChI is InChI=1S/C24H25Cl2FN4O5S/c1-14(2)29-13-24(23(28)34)30(37(35,36)20-8-7-17(26)12-18(20)27)10-9-21(32)31(24)19(22(29)33)11-15-3-5-16(25)6-4-15/h3-8,12,14,19H,9-11,13H2,1-2H3,(H2,28,34). The average Bonchev–Trinajstić information content (AvgIpc) is 2.81. The molecular formula is C24H25Cl2FN4O5S. The van der Waals surface area contributed by atoms with E-state index in [1.165, 1.54) is 11.0 Å². The first-order chi connectivity index (χ1) is 17.3. The normalized spacial score (nSPS) is 22.9. The number of rotatable bonds is 6. The van der Waals surface area contributed by atoms with Crippen molar-refractivity contribution in [3.8, 4) is 0 Å². The van der Waals surface area contributed by atoms with Gasteiger partial charge in [-0.2, -0.15) is 4.31 Å². The van der Waals surface area contributed by atoms with Crippen LogP contribution in [0.4, 0.5) is 4.39 Å². The van der Waals surface area contributed by atoms with E-state index in [-0.39, 0.29) is 17.9 Å². The number of carbonyl (C=O) groups excluding carboxylic acids is 3. The number of nitrogens with zero attached hydrogens (tertiary/aromatic N) is 3. The molecule has 2 unspecified atom stereocenters. The van der Waals surface area contributed by atoms with Gasteiger partial charge >= 0.3 is 0 Å². The van der Waals surface area contributed by atoms with Crippen molar-refractivity contribution in [3.05, 3.63) is 63.9 Å². The van der Waals surface area contributed by atoms with Gasteiger partial charge in [0, 0.05) is 35.5 Å². The zero-order valence-electron chi connectivity index (χ0n) is 20.0. The molecule has 0 bridgehead atoms. The summed E-state index contributed by atoms with van der Waals surface area (Å²) in [5.41, 5.74) is 4.22. The fourth-order valence-electron chi connectivity index (χ4n) is 4.93. The van der Waals surface area contributed by atoms with Crippen LogP contribution in [0.15, 0.2) is 47.4 Å². The summed E-state index contributed by atoms with van der Waals surface area (Å²) in [6.07, 6.45) is -0.362. The lowest BCUT2D eigenvalue weighted by molar-refractivity contribution is -0.186. The lowest BCUT2D eigenvalue weighted by atomic mass is 9.90. The number of carbonyl (C=O) groups is 3. The number of nitrogens with two attached hydrogens (primary N) is 1. The maximum absolute atomic E-state index is 14.8. The minimum atomic E-state index is -4.73. The molecule has 0 spiro atoms. The molecule has 0 aliphatic carbocycles. The number of sulfonamides is 1. The minimum Gasteiger partial charge on any atom is -0.366 e. The highest BCUT2D eigenvalue weighted by atomic mass is 35.5. The van der Waals surface area contributed by atoms with Crippen LogP contribution in [0, 0.1) is 5.82 Å². The molecule has 13 heteroatoms. The van der Waals surface area contributed by atoms with Gasteiger partial charge in [0.15, 0.2) is 0 Å². The van der Waals surface area contributed by atoms with Crippen molar-refractivity contribution in [3.63, 3.8) is 0 Å². The topological polar surface area (TPSA) is 121 Å². The van der Waals surface area contributed by atoms with Crippen LogP contribution in [0.3, 0.4) is 0 Å². The van der Waals surface area contributed by atoms with E-state index in [9.17, 15) is 27.2 Å². The molecule has 2 aromatic carbocycles. The largest absolute Gasteiger partial charge is 0.366 e. The second-order valence-corrected chi connectivity index (χ2v) is 12.0. The van der Waals surface area contributed by atoms with Crippen molar-refractivity contribution >= 4 is 50.9 Å². The lowest BCUT2D eigenvalue weighted by Gasteiger charge is -2.58. The summed E-state index contributed by atoms with van der Waals surface area (Å²) < 4.78 is 43.2. The number of benzene rings is 2. The highest BCUT2D eigenvalue weighted by Crippen LogP contribution is 2.40. The number of hydrogen-bond donors (Lipinski definition) is 1. The molecule has 3 amide bonds. The zero-order valence-corrected chi connectivity index (χ0v) is 22.4. The summed E-state index contributed by atoms with van der Waals surface area (Å²) in [6, 6.07) is 7.89. The predicted octanol–water partition coefficient (Wildman–Crippen LogP) is 2.40. The van der Waals surface area contributed by atoms with E-state index in [0.717, 1.165) is 21.3 Å². The molecule has 2 atom stereocenters. The third-order valence-electron chi connectivity index (χ3n) is 6.70. The molecule has 2 aliphatic rings. The van der Waals surface area contributed by atoms with Crippen LogP contribution in [-0.2, 0) is 30.8 Å².